The Balaban J connectivity index is 2.57. The monoisotopic (exact) mass is 224 g/mol. The second-order valence-electron chi connectivity index (χ2n) is 3.32. The van der Waals surface area contributed by atoms with Crippen LogP contribution in [0, 0.1) is 0 Å². The van der Waals surface area contributed by atoms with Crippen LogP contribution in [0.1, 0.15) is 15.9 Å². The largest absolute Gasteiger partial charge is 0.398 e. The molecule has 0 radical (unpaired) electrons. The Labute approximate surface area is 94.3 Å². The lowest BCUT2D eigenvalue weighted by Gasteiger charge is -2.07. The van der Waals surface area contributed by atoms with E-state index in [2.05, 4.69) is 0 Å². The Morgan fingerprint density at radius 1 is 1.38 bits per heavy atom. The number of ether oxygens (including phenoxy) is 2. The van der Waals surface area contributed by atoms with Gasteiger partial charge in [0, 0.05) is 23.9 Å². The molecule has 0 aromatic heterocycles. The van der Waals surface area contributed by atoms with Gasteiger partial charge in [0.15, 0.2) is 0 Å². The molecule has 0 heterocycles. The Morgan fingerprint density at radius 2 is 2.12 bits per heavy atom. The minimum absolute atomic E-state index is 0.397. The normalized spacial score (nSPS) is 10.3. The molecule has 5 nitrogen and oxygen atoms in total. The fraction of sp³-hybridized carbons (Fsp3) is 0.364. The van der Waals surface area contributed by atoms with Gasteiger partial charge >= 0.3 is 0 Å². The molecule has 0 aliphatic carbocycles. The molecule has 1 amide bonds. The van der Waals surface area contributed by atoms with Gasteiger partial charge in [0.1, 0.15) is 0 Å². The molecule has 0 spiro atoms. The van der Waals surface area contributed by atoms with E-state index in [0.29, 0.717) is 31.1 Å². The van der Waals surface area contributed by atoms with Gasteiger partial charge in [-0.15, -0.1) is 0 Å². The molecule has 16 heavy (non-hydrogen) atoms. The van der Waals surface area contributed by atoms with Gasteiger partial charge < -0.3 is 20.9 Å². The standard InChI is InChI=1S/C11H16N2O3/c1-15-4-5-16-7-9-3-2-8(11(13)14)6-10(9)12/h2-3,6H,4-5,7,12H2,1H3,(H2,13,14). The number of methoxy groups -OCH3 is 1. The summed E-state index contributed by atoms with van der Waals surface area (Å²) in [6.07, 6.45) is 0. The van der Waals surface area contributed by atoms with E-state index in [9.17, 15) is 4.79 Å². The number of carbonyl (C=O) groups is 1. The lowest BCUT2D eigenvalue weighted by molar-refractivity contribution is 0.0619. The molecule has 0 aliphatic heterocycles. The molecule has 0 fully saturated rings. The zero-order valence-corrected chi connectivity index (χ0v) is 9.23. The molecule has 0 atom stereocenters. The highest BCUT2D eigenvalue weighted by atomic mass is 16.5. The van der Waals surface area contributed by atoms with Gasteiger partial charge in [0.2, 0.25) is 5.91 Å². The van der Waals surface area contributed by atoms with E-state index >= 15 is 0 Å². The number of hydrogen-bond donors (Lipinski definition) is 2. The minimum atomic E-state index is -0.487. The number of anilines is 1. The maximum atomic E-state index is 10.9. The first-order chi connectivity index (χ1) is 7.65. The average molecular weight is 224 g/mol. The van der Waals surface area contributed by atoms with Crippen LogP contribution in [0.2, 0.25) is 0 Å². The quantitative estimate of drug-likeness (QED) is 0.545. The zero-order chi connectivity index (χ0) is 12.0. The molecule has 0 bridgehead atoms. The van der Waals surface area contributed by atoms with Crippen molar-refractivity contribution < 1.29 is 14.3 Å². The first-order valence-electron chi connectivity index (χ1n) is 4.90. The van der Waals surface area contributed by atoms with E-state index in [1.807, 2.05) is 0 Å². The lowest BCUT2D eigenvalue weighted by Crippen LogP contribution is -2.12. The highest BCUT2D eigenvalue weighted by molar-refractivity contribution is 5.93. The van der Waals surface area contributed by atoms with Crippen molar-refractivity contribution in [3.63, 3.8) is 0 Å². The predicted molar refractivity (Wildman–Crippen MR) is 60.9 cm³/mol. The van der Waals surface area contributed by atoms with Gasteiger partial charge in [-0.2, -0.15) is 0 Å². The third-order valence-electron chi connectivity index (χ3n) is 2.12. The second-order valence-corrected chi connectivity index (χ2v) is 3.32. The molecule has 1 rings (SSSR count). The zero-order valence-electron chi connectivity index (χ0n) is 9.23. The third-order valence-corrected chi connectivity index (χ3v) is 2.12. The van der Waals surface area contributed by atoms with Crippen LogP contribution < -0.4 is 11.5 Å². The summed E-state index contributed by atoms with van der Waals surface area (Å²) in [5.41, 5.74) is 12.6. The number of amides is 1. The minimum Gasteiger partial charge on any atom is -0.398 e. The van der Waals surface area contributed by atoms with Crippen molar-refractivity contribution in [3.8, 4) is 0 Å². The number of hydrogen-bond acceptors (Lipinski definition) is 4. The smallest absolute Gasteiger partial charge is 0.248 e. The van der Waals surface area contributed by atoms with Gasteiger partial charge in [0.05, 0.1) is 19.8 Å². The molecule has 5 heteroatoms. The number of primary amides is 1. The number of nitrogens with two attached hydrogens (primary N) is 2. The summed E-state index contributed by atoms with van der Waals surface area (Å²) in [4.78, 5) is 10.9. The summed E-state index contributed by atoms with van der Waals surface area (Å²) >= 11 is 0. The summed E-state index contributed by atoms with van der Waals surface area (Å²) < 4.78 is 10.2. The van der Waals surface area contributed by atoms with Gasteiger partial charge in [-0.3, -0.25) is 4.79 Å². The maximum absolute atomic E-state index is 10.9. The van der Waals surface area contributed by atoms with Crippen LogP contribution in [-0.4, -0.2) is 26.2 Å². The van der Waals surface area contributed by atoms with Crippen molar-refractivity contribution in [1.29, 1.82) is 0 Å². The lowest BCUT2D eigenvalue weighted by atomic mass is 10.1. The molecule has 1 aromatic carbocycles. The third kappa shape index (κ3) is 3.52. The summed E-state index contributed by atoms with van der Waals surface area (Å²) in [5.74, 6) is -0.487. The number of nitrogen functional groups attached to an aromatic ring is 1. The van der Waals surface area contributed by atoms with Crippen LogP contribution in [0.4, 0.5) is 5.69 Å². The Kier molecular flexibility index (Phi) is 4.75. The first-order valence-corrected chi connectivity index (χ1v) is 4.90. The Bertz CT molecular complexity index is 366. The van der Waals surface area contributed by atoms with Gasteiger partial charge in [-0.1, -0.05) is 6.07 Å². The molecule has 88 valence electrons. The topological polar surface area (TPSA) is 87.6 Å². The van der Waals surface area contributed by atoms with Gasteiger partial charge in [0.25, 0.3) is 0 Å². The first kappa shape index (κ1) is 12.5. The molecule has 0 saturated heterocycles. The highest BCUT2D eigenvalue weighted by Gasteiger charge is 2.04. The van der Waals surface area contributed by atoms with Crippen LogP contribution in [0.5, 0.6) is 0 Å². The Morgan fingerprint density at radius 3 is 2.69 bits per heavy atom. The fourth-order valence-electron chi connectivity index (χ4n) is 1.20. The van der Waals surface area contributed by atoms with Crippen molar-refractivity contribution in [2.24, 2.45) is 5.73 Å². The van der Waals surface area contributed by atoms with E-state index < -0.39 is 5.91 Å². The van der Waals surface area contributed by atoms with E-state index in [1.165, 1.54) is 0 Å². The Hall–Kier alpha value is -1.59. The van der Waals surface area contributed by atoms with Crippen molar-refractivity contribution >= 4 is 11.6 Å². The van der Waals surface area contributed by atoms with Crippen LogP contribution in [-0.2, 0) is 16.1 Å². The molecular weight excluding hydrogens is 208 g/mol. The molecular formula is C11H16N2O3. The molecule has 0 unspecified atom stereocenters. The fourth-order valence-corrected chi connectivity index (χ4v) is 1.20. The van der Waals surface area contributed by atoms with Crippen molar-refractivity contribution in [3.05, 3.63) is 29.3 Å². The summed E-state index contributed by atoms with van der Waals surface area (Å²) in [6.45, 7) is 1.45. The predicted octanol–water partition coefficient (Wildman–Crippen LogP) is 0.531. The molecule has 4 N–H and O–H groups in total. The van der Waals surface area contributed by atoms with Gasteiger partial charge in [-0.05, 0) is 12.1 Å². The molecule has 0 aliphatic rings. The van der Waals surface area contributed by atoms with Crippen LogP contribution in [0.25, 0.3) is 0 Å². The summed E-state index contributed by atoms with van der Waals surface area (Å²) in [6, 6.07) is 4.92. The number of carbonyl (C=O) groups excluding carboxylic acids is 1. The van der Waals surface area contributed by atoms with Crippen LogP contribution >= 0.6 is 0 Å². The highest BCUT2D eigenvalue weighted by Crippen LogP contribution is 2.15. The maximum Gasteiger partial charge on any atom is 0.248 e. The summed E-state index contributed by atoms with van der Waals surface area (Å²) in [7, 11) is 1.61. The number of rotatable bonds is 6. The second kappa shape index (κ2) is 6.09. The van der Waals surface area contributed by atoms with Crippen molar-refractivity contribution in [2.75, 3.05) is 26.1 Å². The van der Waals surface area contributed by atoms with E-state index in [-0.39, 0.29) is 0 Å². The van der Waals surface area contributed by atoms with E-state index in [1.54, 1.807) is 25.3 Å². The molecule has 1 aromatic rings. The van der Waals surface area contributed by atoms with E-state index in [4.69, 9.17) is 20.9 Å². The van der Waals surface area contributed by atoms with Crippen molar-refractivity contribution in [1.82, 2.24) is 0 Å². The number of benzene rings is 1. The van der Waals surface area contributed by atoms with Crippen LogP contribution in [0.3, 0.4) is 0 Å². The SMILES string of the molecule is COCCOCc1ccc(C(N)=O)cc1N. The molecule has 0 saturated carbocycles. The summed E-state index contributed by atoms with van der Waals surface area (Å²) in [5, 5.41) is 0. The van der Waals surface area contributed by atoms with Crippen molar-refractivity contribution in [2.45, 2.75) is 6.61 Å². The van der Waals surface area contributed by atoms with Crippen LogP contribution in [0.15, 0.2) is 18.2 Å². The van der Waals surface area contributed by atoms with E-state index in [0.717, 1.165) is 5.56 Å². The average Bonchev–Trinajstić information content (AvgIpc) is 2.26. The van der Waals surface area contributed by atoms with Gasteiger partial charge in [-0.25, -0.2) is 0 Å².